The largest absolute Gasteiger partial charge is 0.373 e. The molecule has 0 unspecified atom stereocenters. The van der Waals surface area contributed by atoms with Crippen molar-refractivity contribution in [2.24, 2.45) is 0 Å². The Labute approximate surface area is 141 Å². The first-order valence-electron chi connectivity index (χ1n) is 8.29. The number of aromatic nitrogens is 4. The summed E-state index contributed by atoms with van der Waals surface area (Å²) < 4.78 is 7.30. The summed E-state index contributed by atoms with van der Waals surface area (Å²) in [7, 11) is 0. The van der Waals surface area contributed by atoms with Crippen LogP contribution in [0.1, 0.15) is 35.9 Å². The minimum Gasteiger partial charge on any atom is -0.373 e. The summed E-state index contributed by atoms with van der Waals surface area (Å²) in [5, 5.41) is 7.12. The zero-order chi connectivity index (χ0) is 17.3. The van der Waals surface area contributed by atoms with Gasteiger partial charge in [-0.15, -0.1) is 5.10 Å². The molecule has 3 rings (SSSR count). The van der Waals surface area contributed by atoms with E-state index in [1.165, 1.54) is 0 Å². The monoisotopic (exact) mass is 332 g/mol. The maximum atomic E-state index is 12.3. The van der Waals surface area contributed by atoms with E-state index >= 15 is 0 Å². The third kappa shape index (κ3) is 3.70. The zero-order valence-electron chi connectivity index (χ0n) is 14.6. The molecule has 0 spiro atoms. The van der Waals surface area contributed by atoms with Crippen LogP contribution in [0, 0.1) is 13.8 Å². The smallest absolute Gasteiger partial charge is 0.291 e. The fraction of sp³-hybridized carbons (Fsp3) is 0.625. The summed E-state index contributed by atoms with van der Waals surface area (Å²) in [6.07, 6.45) is 0.448. The second-order valence-electron chi connectivity index (χ2n) is 6.46. The molecular formula is C16H24N6O2. The van der Waals surface area contributed by atoms with Gasteiger partial charge in [0.25, 0.3) is 11.7 Å². The number of hydrogen-bond acceptors (Lipinski definition) is 6. The Morgan fingerprint density at radius 1 is 1.29 bits per heavy atom. The molecule has 0 radical (unpaired) electrons. The van der Waals surface area contributed by atoms with E-state index in [0.717, 1.165) is 31.0 Å². The third-order valence-electron chi connectivity index (χ3n) is 4.03. The number of rotatable bonds is 4. The van der Waals surface area contributed by atoms with Crippen LogP contribution in [0.15, 0.2) is 6.07 Å². The highest BCUT2D eigenvalue weighted by atomic mass is 16.5. The van der Waals surface area contributed by atoms with E-state index in [9.17, 15) is 4.79 Å². The summed E-state index contributed by atoms with van der Waals surface area (Å²) in [5.74, 6) is 0.334. The van der Waals surface area contributed by atoms with Crippen molar-refractivity contribution in [1.82, 2.24) is 29.8 Å². The Balaban J connectivity index is 1.58. The second-order valence-corrected chi connectivity index (χ2v) is 6.46. The molecule has 24 heavy (non-hydrogen) atoms. The number of morpholine rings is 1. The molecule has 1 N–H and O–H groups in total. The maximum absolute atomic E-state index is 12.3. The van der Waals surface area contributed by atoms with E-state index in [2.05, 4.69) is 39.1 Å². The molecule has 1 amide bonds. The van der Waals surface area contributed by atoms with Gasteiger partial charge in [0.1, 0.15) is 0 Å². The van der Waals surface area contributed by atoms with Gasteiger partial charge >= 0.3 is 0 Å². The van der Waals surface area contributed by atoms with E-state index in [1.54, 1.807) is 4.52 Å². The highest BCUT2D eigenvalue weighted by molar-refractivity contribution is 5.90. The van der Waals surface area contributed by atoms with Gasteiger partial charge in [0.2, 0.25) is 5.82 Å². The Kier molecular flexibility index (Phi) is 4.77. The molecule has 2 atom stereocenters. The number of carbonyl (C=O) groups is 1. The van der Waals surface area contributed by atoms with Crippen LogP contribution in [0.5, 0.6) is 0 Å². The van der Waals surface area contributed by atoms with Crippen molar-refractivity contribution in [2.45, 2.75) is 39.9 Å². The minimum absolute atomic E-state index is 0.153. The molecule has 130 valence electrons. The molecule has 8 nitrogen and oxygen atoms in total. The lowest BCUT2D eigenvalue weighted by Gasteiger charge is -2.35. The zero-order valence-corrected chi connectivity index (χ0v) is 14.6. The molecule has 0 bridgehead atoms. The standard InChI is InChI=1S/C16H24N6O2/c1-10-7-11(2)22-16(18-10)19-14(20-22)15(23)17-5-6-21-8-12(3)24-13(4)9-21/h7,12-13H,5-6,8-9H2,1-4H3,(H,17,23)/t12-,13-/m1/s1. The van der Waals surface area contributed by atoms with Crippen molar-refractivity contribution in [2.75, 3.05) is 26.2 Å². The highest BCUT2D eigenvalue weighted by Crippen LogP contribution is 2.09. The fourth-order valence-corrected chi connectivity index (χ4v) is 3.14. The topological polar surface area (TPSA) is 84.7 Å². The molecule has 1 fully saturated rings. The van der Waals surface area contributed by atoms with Gasteiger partial charge in [-0.25, -0.2) is 9.50 Å². The fourth-order valence-electron chi connectivity index (χ4n) is 3.14. The van der Waals surface area contributed by atoms with Crippen molar-refractivity contribution in [3.8, 4) is 0 Å². The van der Waals surface area contributed by atoms with E-state index < -0.39 is 0 Å². The van der Waals surface area contributed by atoms with Crippen LogP contribution in [0.25, 0.3) is 5.78 Å². The average molecular weight is 332 g/mol. The predicted octanol–water partition coefficient (Wildman–Crippen LogP) is 0.580. The van der Waals surface area contributed by atoms with Gasteiger partial charge in [-0.05, 0) is 33.8 Å². The Morgan fingerprint density at radius 3 is 2.71 bits per heavy atom. The van der Waals surface area contributed by atoms with Gasteiger partial charge in [0.05, 0.1) is 12.2 Å². The lowest BCUT2D eigenvalue weighted by molar-refractivity contribution is -0.0672. The van der Waals surface area contributed by atoms with Crippen LogP contribution in [0.4, 0.5) is 0 Å². The normalized spacial score (nSPS) is 22.0. The molecule has 8 heteroatoms. The highest BCUT2D eigenvalue weighted by Gasteiger charge is 2.22. The molecule has 2 aromatic heterocycles. The molecule has 1 aliphatic heterocycles. The van der Waals surface area contributed by atoms with Gasteiger partial charge in [-0.1, -0.05) is 0 Å². The van der Waals surface area contributed by atoms with Crippen molar-refractivity contribution >= 4 is 11.7 Å². The Morgan fingerprint density at radius 2 is 2.00 bits per heavy atom. The first kappa shape index (κ1) is 16.8. The summed E-state index contributed by atoms with van der Waals surface area (Å²) in [5.41, 5.74) is 1.76. The number of nitrogens with one attached hydrogen (secondary N) is 1. The van der Waals surface area contributed by atoms with Gasteiger partial charge in [-0.3, -0.25) is 9.69 Å². The molecule has 1 aliphatic rings. The molecule has 1 saturated heterocycles. The molecular weight excluding hydrogens is 308 g/mol. The van der Waals surface area contributed by atoms with Crippen molar-refractivity contribution in [3.05, 3.63) is 23.3 Å². The summed E-state index contributed by atoms with van der Waals surface area (Å²) >= 11 is 0. The van der Waals surface area contributed by atoms with Gasteiger partial charge in [0, 0.05) is 37.6 Å². The molecule has 0 aliphatic carbocycles. The van der Waals surface area contributed by atoms with E-state index in [4.69, 9.17) is 4.74 Å². The van der Waals surface area contributed by atoms with Crippen molar-refractivity contribution < 1.29 is 9.53 Å². The quantitative estimate of drug-likeness (QED) is 0.882. The molecule has 0 saturated carbocycles. The van der Waals surface area contributed by atoms with Gasteiger partial charge < -0.3 is 10.1 Å². The predicted molar refractivity (Wildman–Crippen MR) is 89.0 cm³/mol. The van der Waals surface area contributed by atoms with Crippen LogP contribution in [-0.4, -0.2) is 68.8 Å². The van der Waals surface area contributed by atoms with Crippen LogP contribution in [-0.2, 0) is 4.74 Å². The van der Waals surface area contributed by atoms with Crippen LogP contribution in [0.2, 0.25) is 0 Å². The Hall–Kier alpha value is -2.06. The van der Waals surface area contributed by atoms with Gasteiger partial charge in [0.15, 0.2) is 0 Å². The Bertz CT molecular complexity index is 733. The number of carbonyl (C=O) groups excluding carboxylic acids is 1. The van der Waals surface area contributed by atoms with Crippen LogP contribution >= 0.6 is 0 Å². The average Bonchev–Trinajstić information content (AvgIpc) is 2.90. The first-order valence-corrected chi connectivity index (χ1v) is 8.29. The lowest BCUT2D eigenvalue weighted by atomic mass is 10.2. The number of ether oxygens (including phenoxy) is 1. The van der Waals surface area contributed by atoms with Gasteiger partial charge in [-0.2, -0.15) is 4.98 Å². The van der Waals surface area contributed by atoms with Crippen molar-refractivity contribution in [3.63, 3.8) is 0 Å². The summed E-state index contributed by atoms with van der Waals surface area (Å²) in [6.45, 7) is 11.1. The SMILES string of the molecule is Cc1cc(C)n2nc(C(=O)NCCN3C[C@@H](C)O[C@H](C)C3)nc2n1. The summed E-state index contributed by atoms with van der Waals surface area (Å²) in [6, 6.07) is 1.91. The summed E-state index contributed by atoms with van der Waals surface area (Å²) in [4.78, 5) is 23.1. The van der Waals surface area contributed by atoms with E-state index in [-0.39, 0.29) is 23.9 Å². The van der Waals surface area contributed by atoms with E-state index in [1.807, 2.05) is 19.9 Å². The minimum atomic E-state index is -0.271. The number of nitrogens with zero attached hydrogens (tertiary/aromatic N) is 5. The third-order valence-corrected chi connectivity index (χ3v) is 4.03. The second kappa shape index (κ2) is 6.82. The van der Waals surface area contributed by atoms with Crippen LogP contribution in [0.3, 0.4) is 0 Å². The van der Waals surface area contributed by atoms with Crippen molar-refractivity contribution in [1.29, 1.82) is 0 Å². The number of fused-ring (bicyclic) bond motifs is 1. The molecule has 2 aromatic rings. The lowest BCUT2D eigenvalue weighted by Crippen LogP contribution is -2.47. The van der Waals surface area contributed by atoms with Crippen LogP contribution < -0.4 is 5.32 Å². The maximum Gasteiger partial charge on any atom is 0.291 e. The number of aryl methyl sites for hydroxylation is 2. The molecule has 3 heterocycles. The first-order chi connectivity index (χ1) is 11.4. The number of amides is 1. The van der Waals surface area contributed by atoms with E-state index in [0.29, 0.717) is 12.3 Å². The number of hydrogen-bond donors (Lipinski definition) is 1. The molecule has 0 aromatic carbocycles.